The molecule has 12 heteroatoms. The van der Waals surface area contributed by atoms with Crippen LogP contribution in [0.15, 0.2) is 30.6 Å². The molecular weight excluding hydrogens is 565 g/mol. The molecule has 1 N–H and O–H groups in total. The minimum atomic E-state index is -4.72. The van der Waals surface area contributed by atoms with Crippen LogP contribution >= 0.6 is 0 Å². The molecule has 1 aromatic heterocycles. The Kier molecular flexibility index (Phi) is 10.5. The molecule has 3 aliphatic rings. The van der Waals surface area contributed by atoms with Crippen molar-refractivity contribution in [2.24, 2.45) is 0 Å². The van der Waals surface area contributed by atoms with E-state index in [9.17, 15) is 18.0 Å². The highest BCUT2D eigenvalue weighted by molar-refractivity contribution is 5.93. The van der Waals surface area contributed by atoms with Crippen molar-refractivity contribution in [2.75, 3.05) is 33.4 Å². The molecule has 9 nitrogen and oxygen atoms in total. The van der Waals surface area contributed by atoms with Crippen LogP contribution in [0.3, 0.4) is 0 Å². The van der Waals surface area contributed by atoms with Gasteiger partial charge in [-0.25, -0.2) is 9.97 Å². The lowest BCUT2D eigenvalue weighted by atomic mass is 9.95. The smallest absolute Gasteiger partial charge is 0.406 e. The molecule has 4 heterocycles. The second-order valence-electron chi connectivity index (χ2n) is 11.6. The van der Waals surface area contributed by atoms with Crippen LogP contribution in [0, 0.1) is 6.92 Å². The number of hydrogen-bond acceptors (Lipinski definition) is 8. The average molecular weight is 607 g/mol. The van der Waals surface area contributed by atoms with Gasteiger partial charge in [-0.05, 0) is 76.0 Å². The summed E-state index contributed by atoms with van der Waals surface area (Å²) in [4.78, 5) is 24.2. The highest BCUT2D eigenvalue weighted by atomic mass is 19.4. The molecule has 0 aliphatic carbocycles. The first-order valence-electron chi connectivity index (χ1n) is 15.2. The van der Waals surface area contributed by atoms with Crippen LogP contribution in [-0.4, -0.2) is 84.8 Å². The highest BCUT2D eigenvalue weighted by Crippen LogP contribution is 2.34. The van der Waals surface area contributed by atoms with Crippen molar-refractivity contribution in [3.05, 3.63) is 53.1 Å². The number of ether oxygens (including phenoxy) is 4. The number of aromatic nitrogens is 2. The number of aryl methyl sites for hydroxylation is 1. The van der Waals surface area contributed by atoms with E-state index < -0.39 is 6.36 Å². The van der Waals surface area contributed by atoms with Crippen molar-refractivity contribution >= 4 is 5.91 Å². The summed E-state index contributed by atoms with van der Waals surface area (Å²) in [5, 5.41) is 3.72. The largest absolute Gasteiger partial charge is 0.573 e. The summed E-state index contributed by atoms with van der Waals surface area (Å²) in [6.07, 6.45) is 3.27. The minimum absolute atomic E-state index is 0.0154. The average Bonchev–Trinajstić information content (AvgIpc) is 3.01. The van der Waals surface area contributed by atoms with Crippen LogP contribution < -0.4 is 10.1 Å². The summed E-state index contributed by atoms with van der Waals surface area (Å²) < 4.78 is 58.9. The molecule has 236 valence electrons. The topological polar surface area (TPSA) is 95.0 Å². The molecule has 3 aliphatic heterocycles. The van der Waals surface area contributed by atoms with E-state index in [1.165, 1.54) is 18.5 Å². The molecule has 5 rings (SSSR count). The van der Waals surface area contributed by atoms with Gasteiger partial charge in [-0.1, -0.05) is 12.1 Å². The fourth-order valence-electron chi connectivity index (χ4n) is 6.33. The molecule has 3 fully saturated rings. The molecule has 4 atom stereocenters. The Bertz CT molecular complexity index is 1210. The Hall–Kier alpha value is -2.80. The zero-order chi connectivity index (χ0) is 30.4. The Labute approximate surface area is 250 Å². The first-order chi connectivity index (χ1) is 20.7. The van der Waals surface area contributed by atoms with Crippen molar-refractivity contribution in [1.29, 1.82) is 0 Å². The fourth-order valence-corrected chi connectivity index (χ4v) is 6.33. The number of nitrogens with one attached hydrogen (secondary N) is 1. The van der Waals surface area contributed by atoms with E-state index in [0.29, 0.717) is 37.9 Å². The van der Waals surface area contributed by atoms with Crippen LogP contribution in [0.2, 0.25) is 0 Å². The van der Waals surface area contributed by atoms with Crippen LogP contribution in [0.5, 0.6) is 5.75 Å². The summed E-state index contributed by atoms with van der Waals surface area (Å²) in [5.41, 5.74) is 2.91. The molecule has 2 aromatic rings. The highest BCUT2D eigenvalue weighted by Gasteiger charge is 2.33. The summed E-state index contributed by atoms with van der Waals surface area (Å²) in [5.74, 6) is -0.309. The zero-order valence-corrected chi connectivity index (χ0v) is 24.8. The van der Waals surface area contributed by atoms with Crippen LogP contribution in [0.4, 0.5) is 13.2 Å². The number of piperidine rings is 1. The number of amides is 1. The van der Waals surface area contributed by atoms with Gasteiger partial charge < -0.3 is 29.2 Å². The quantitative estimate of drug-likeness (QED) is 0.430. The van der Waals surface area contributed by atoms with E-state index in [4.69, 9.17) is 14.2 Å². The Morgan fingerprint density at radius 3 is 2.58 bits per heavy atom. The van der Waals surface area contributed by atoms with Gasteiger partial charge in [-0.15, -0.1) is 13.2 Å². The number of nitrogens with zero attached hydrogens (tertiary/aromatic N) is 3. The van der Waals surface area contributed by atoms with Gasteiger partial charge in [0, 0.05) is 50.1 Å². The molecule has 3 saturated heterocycles. The maximum Gasteiger partial charge on any atom is 0.573 e. The molecule has 0 saturated carbocycles. The van der Waals surface area contributed by atoms with Gasteiger partial charge >= 0.3 is 6.36 Å². The van der Waals surface area contributed by atoms with Crippen molar-refractivity contribution in [2.45, 2.75) is 95.0 Å². The van der Waals surface area contributed by atoms with E-state index in [1.807, 2.05) is 11.8 Å². The fraction of sp³-hybridized carbons (Fsp3) is 0.645. The Morgan fingerprint density at radius 2 is 1.86 bits per heavy atom. The number of alkyl halides is 3. The summed E-state index contributed by atoms with van der Waals surface area (Å²) >= 11 is 0. The van der Waals surface area contributed by atoms with Crippen LogP contribution in [0.25, 0.3) is 0 Å². The number of rotatable bonds is 9. The molecule has 0 bridgehead atoms. The van der Waals surface area contributed by atoms with Gasteiger partial charge in [0.15, 0.2) is 0 Å². The number of carbonyl (C=O) groups is 1. The number of likely N-dealkylation sites (tertiary alicyclic amines) is 1. The zero-order valence-electron chi connectivity index (χ0n) is 24.8. The predicted octanol–water partition coefficient (Wildman–Crippen LogP) is 4.92. The SMILES string of the molecule is CO[C@@H]1COCC[C@@H]1NC1CCN(C(=O)c2ncnc(CC[C@@H]3CCC[C@H](c4ccc(OC(F)(F)F)cc4)O3)c2C)CC1. The van der Waals surface area contributed by atoms with Crippen molar-refractivity contribution in [3.8, 4) is 5.75 Å². The first-order valence-corrected chi connectivity index (χ1v) is 15.2. The Balaban J connectivity index is 1.12. The van der Waals surface area contributed by atoms with Gasteiger partial charge in [0.2, 0.25) is 0 Å². The van der Waals surface area contributed by atoms with E-state index in [1.54, 1.807) is 19.2 Å². The van der Waals surface area contributed by atoms with Crippen molar-refractivity contribution < 1.29 is 36.9 Å². The van der Waals surface area contributed by atoms with Gasteiger partial charge in [0.05, 0.1) is 24.9 Å². The van der Waals surface area contributed by atoms with Gasteiger partial charge in [0.1, 0.15) is 17.8 Å². The van der Waals surface area contributed by atoms with E-state index in [0.717, 1.165) is 68.4 Å². The molecule has 0 unspecified atom stereocenters. The van der Waals surface area contributed by atoms with Gasteiger partial charge in [-0.3, -0.25) is 4.79 Å². The van der Waals surface area contributed by atoms with E-state index in [2.05, 4.69) is 20.0 Å². The van der Waals surface area contributed by atoms with E-state index in [-0.39, 0.29) is 36.0 Å². The number of carbonyl (C=O) groups excluding carboxylic acids is 1. The molecule has 43 heavy (non-hydrogen) atoms. The molecule has 0 radical (unpaired) electrons. The lowest BCUT2D eigenvalue weighted by molar-refractivity contribution is -0.274. The number of halogens is 3. The van der Waals surface area contributed by atoms with E-state index >= 15 is 0 Å². The minimum Gasteiger partial charge on any atom is -0.406 e. The monoisotopic (exact) mass is 606 g/mol. The molecule has 0 spiro atoms. The lowest BCUT2D eigenvalue weighted by Crippen LogP contribution is -2.54. The first kappa shape index (κ1) is 31.6. The van der Waals surface area contributed by atoms with Crippen LogP contribution in [0.1, 0.15) is 78.4 Å². The maximum atomic E-state index is 13.5. The predicted molar refractivity (Wildman–Crippen MR) is 152 cm³/mol. The second kappa shape index (κ2) is 14.3. The summed E-state index contributed by atoms with van der Waals surface area (Å²) in [7, 11) is 1.72. The van der Waals surface area contributed by atoms with Gasteiger partial charge in [-0.2, -0.15) is 0 Å². The number of hydrogen-bond donors (Lipinski definition) is 1. The lowest BCUT2D eigenvalue weighted by Gasteiger charge is -2.38. The van der Waals surface area contributed by atoms with Crippen LogP contribution in [-0.2, 0) is 20.6 Å². The second-order valence-corrected chi connectivity index (χ2v) is 11.6. The third-order valence-corrected chi connectivity index (χ3v) is 8.77. The van der Waals surface area contributed by atoms with Gasteiger partial charge in [0.25, 0.3) is 5.91 Å². The summed E-state index contributed by atoms with van der Waals surface area (Å²) in [6, 6.07) is 6.49. The molecular formula is C31H41F3N4O5. The normalized spacial score (nSPS) is 25.5. The molecule has 1 amide bonds. The number of benzene rings is 1. The number of methoxy groups -OCH3 is 1. The standard InChI is InChI=1S/C31H41F3N4O5/c1-20-25(11-10-23-4-3-5-27(42-23)21-6-8-24(9-7-21)43-31(32,33)34)35-19-36-29(20)30(39)38-15-12-22(13-16-38)37-26-14-17-41-18-28(26)40-2/h6-9,19,22-23,26-28,37H,3-5,10-18H2,1-2H3/t23-,26-,27+,28+/m0/s1. The Morgan fingerprint density at radius 1 is 1.09 bits per heavy atom. The third-order valence-electron chi connectivity index (χ3n) is 8.77. The van der Waals surface area contributed by atoms with Crippen molar-refractivity contribution in [3.63, 3.8) is 0 Å². The third kappa shape index (κ3) is 8.43. The maximum absolute atomic E-state index is 13.5. The summed E-state index contributed by atoms with van der Waals surface area (Å²) in [6.45, 7) is 4.57. The molecule has 1 aromatic carbocycles. The van der Waals surface area contributed by atoms with Crippen molar-refractivity contribution in [1.82, 2.24) is 20.2 Å².